The molecule has 0 unspecified atom stereocenters. The normalized spacial score (nSPS) is 21.2. The number of hydrogen-bond donors (Lipinski definition) is 0. The number of carbonyl (C=O) groups is 1. The van der Waals surface area contributed by atoms with E-state index in [1.54, 1.807) is 0 Å². The Bertz CT molecular complexity index is 549. The fourth-order valence-corrected chi connectivity index (χ4v) is 3.99. The van der Waals surface area contributed by atoms with Crippen LogP contribution in [0.25, 0.3) is 0 Å². The molecule has 1 aromatic carbocycles. The summed E-state index contributed by atoms with van der Waals surface area (Å²) in [6.45, 7) is 10.0. The molecule has 132 valence electrons. The van der Waals surface area contributed by atoms with E-state index in [1.165, 1.54) is 5.56 Å². The third-order valence-corrected chi connectivity index (χ3v) is 5.60. The minimum Gasteiger partial charge on any atom is -0.340 e. The lowest BCUT2D eigenvalue weighted by Gasteiger charge is -2.38. The molecule has 4 nitrogen and oxygen atoms in total. The molecule has 3 rings (SSSR count). The molecule has 0 saturated carbocycles. The Hall–Kier alpha value is -1.10. The second-order valence-electron chi connectivity index (χ2n) is 6.94. The summed E-state index contributed by atoms with van der Waals surface area (Å²) in [7, 11) is 0. The van der Waals surface area contributed by atoms with E-state index in [1.807, 2.05) is 18.2 Å². The van der Waals surface area contributed by atoms with Gasteiger partial charge in [-0.05, 0) is 50.2 Å². The van der Waals surface area contributed by atoms with E-state index in [9.17, 15) is 4.79 Å². The molecule has 2 saturated heterocycles. The summed E-state index contributed by atoms with van der Waals surface area (Å²) < 4.78 is 0. The molecule has 0 aromatic heterocycles. The molecular weight excluding hydrogens is 322 g/mol. The van der Waals surface area contributed by atoms with E-state index in [0.717, 1.165) is 70.2 Å². The van der Waals surface area contributed by atoms with Gasteiger partial charge in [0.05, 0.1) is 0 Å². The molecule has 0 radical (unpaired) electrons. The number of nitrogens with zero attached hydrogens (tertiary/aromatic N) is 3. The van der Waals surface area contributed by atoms with Gasteiger partial charge < -0.3 is 9.80 Å². The van der Waals surface area contributed by atoms with Crippen LogP contribution >= 0.6 is 11.6 Å². The quantitative estimate of drug-likeness (QED) is 0.836. The van der Waals surface area contributed by atoms with Crippen LogP contribution in [-0.4, -0.2) is 66.4 Å². The number of hydrogen-bond acceptors (Lipinski definition) is 3. The Morgan fingerprint density at radius 3 is 2.42 bits per heavy atom. The van der Waals surface area contributed by atoms with Crippen molar-refractivity contribution >= 4 is 17.5 Å². The van der Waals surface area contributed by atoms with Crippen LogP contribution in [0.1, 0.15) is 25.3 Å². The van der Waals surface area contributed by atoms with Crippen LogP contribution in [0.4, 0.5) is 0 Å². The van der Waals surface area contributed by atoms with E-state index in [2.05, 4.69) is 27.7 Å². The Labute approximate surface area is 150 Å². The molecule has 0 atom stereocenters. The molecule has 0 N–H and O–H groups in total. The van der Waals surface area contributed by atoms with Gasteiger partial charge in [-0.25, -0.2) is 0 Å². The Morgan fingerprint density at radius 1 is 1.08 bits per heavy atom. The lowest BCUT2D eigenvalue weighted by molar-refractivity contribution is -0.138. The monoisotopic (exact) mass is 349 g/mol. The molecule has 0 aliphatic carbocycles. The van der Waals surface area contributed by atoms with Crippen LogP contribution in [0.5, 0.6) is 0 Å². The number of piperidine rings is 1. The zero-order chi connectivity index (χ0) is 16.9. The Morgan fingerprint density at radius 2 is 1.79 bits per heavy atom. The maximum absolute atomic E-state index is 12.7. The first kappa shape index (κ1) is 17.7. The van der Waals surface area contributed by atoms with Crippen LogP contribution < -0.4 is 0 Å². The predicted molar refractivity (Wildman–Crippen MR) is 98.1 cm³/mol. The second kappa shape index (κ2) is 8.32. The summed E-state index contributed by atoms with van der Waals surface area (Å²) in [5, 5.41) is 0.795. The van der Waals surface area contributed by atoms with Gasteiger partial charge in [0.2, 0.25) is 5.91 Å². The molecule has 24 heavy (non-hydrogen) atoms. The zero-order valence-corrected chi connectivity index (χ0v) is 15.3. The van der Waals surface area contributed by atoms with E-state index >= 15 is 0 Å². The van der Waals surface area contributed by atoms with Crippen molar-refractivity contribution in [2.24, 2.45) is 5.92 Å². The van der Waals surface area contributed by atoms with Crippen molar-refractivity contribution in [2.45, 2.75) is 26.3 Å². The van der Waals surface area contributed by atoms with E-state index in [0.29, 0.717) is 5.91 Å². The van der Waals surface area contributed by atoms with Crippen LogP contribution in [-0.2, 0) is 11.3 Å². The maximum atomic E-state index is 12.7. The van der Waals surface area contributed by atoms with Gasteiger partial charge in [-0.15, -0.1) is 0 Å². The molecule has 2 aliphatic rings. The SMILES string of the molecule is CCN1CCN(C(=O)C2CCN(Cc3cccc(Cl)c3)CC2)CC1. The van der Waals surface area contributed by atoms with Gasteiger partial charge in [-0.3, -0.25) is 9.69 Å². The number of piperazine rings is 1. The number of amides is 1. The average molecular weight is 350 g/mol. The number of likely N-dealkylation sites (tertiary alicyclic amines) is 1. The molecule has 1 aromatic rings. The van der Waals surface area contributed by atoms with Gasteiger partial charge in [0.15, 0.2) is 0 Å². The minimum absolute atomic E-state index is 0.216. The van der Waals surface area contributed by atoms with Gasteiger partial charge in [-0.2, -0.15) is 0 Å². The summed E-state index contributed by atoms with van der Waals surface area (Å²) in [4.78, 5) is 19.7. The predicted octanol–water partition coefficient (Wildman–Crippen LogP) is 2.72. The third-order valence-electron chi connectivity index (χ3n) is 5.36. The maximum Gasteiger partial charge on any atom is 0.225 e. The van der Waals surface area contributed by atoms with Crippen molar-refractivity contribution in [3.63, 3.8) is 0 Å². The molecule has 2 fully saturated rings. The lowest BCUT2D eigenvalue weighted by Crippen LogP contribution is -2.51. The average Bonchev–Trinajstić information content (AvgIpc) is 2.62. The van der Waals surface area contributed by atoms with Crippen molar-refractivity contribution in [1.29, 1.82) is 0 Å². The molecule has 0 spiro atoms. The summed E-state index contributed by atoms with van der Waals surface area (Å²) in [5.74, 6) is 0.599. The number of benzene rings is 1. The largest absolute Gasteiger partial charge is 0.340 e. The van der Waals surface area contributed by atoms with Crippen molar-refractivity contribution in [2.75, 3.05) is 45.8 Å². The second-order valence-corrected chi connectivity index (χ2v) is 7.38. The van der Waals surface area contributed by atoms with Crippen molar-refractivity contribution in [3.05, 3.63) is 34.9 Å². The number of carbonyl (C=O) groups excluding carboxylic acids is 1. The number of rotatable bonds is 4. The third kappa shape index (κ3) is 4.50. The van der Waals surface area contributed by atoms with Crippen molar-refractivity contribution in [1.82, 2.24) is 14.7 Å². The van der Waals surface area contributed by atoms with Crippen LogP contribution in [0.15, 0.2) is 24.3 Å². The van der Waals surface area contributed by atoms with Gasteiger partial charge in [0.1, 0.15) is 0 Å². The van der Waals surface area contributed by atoms with Crippen molar-refractivity contribution in [3.8, 4) is 0 Å². The van der Waals surface area contributed by atoms with Gasteiger partial charge >= 0.3 is 0 Å². The topological polar surface area (TPSA) is 26.8 Å². The highest BCUT2D eigenvalue weighted by molar-refractivity contribution is 6.30. The molecular formula is C19H28ClN3O. The number of halogens is 1. The first-order valence-electron chi connectivity index (χ1n) is 9.13. The molecule has 2 aliphatic heterocycles. The molecule has 2 heterocycles. The molecule has 5 heteroatoms. The van der Waals surface area contributed by atoms with Crippen molar-refractivity contribution < 1.29 is 4.79 Å². The van der Waals surface area contributed by atoms with Crippen LogP contribution in [0, 0.1) is 5.92 Å². The van der Waals surface area contributed by atoms with Crippen LogP contribution in [0.3, 0.4) is 0 Å². The van der Waals surface area contributed by atoms with Gasteiger partial charge in [0, 0.05) is 43.7 Å². The zero-order valence-electron chi connectivity index (χ0n) is 14.6. The first-order valence-corrected chi connectivity index (χ1v) is 9.51. The van der Waals surface area contributed by atoms with E-state index in [4.69, 9.17) is 11.6 Å². The fourth-order valence-electron chi connectivity index (χ4n) is 3.77. The Kier molecular flexibility index (Phi) is 6.14. The summed E-state index contributed by atoms with van der Waals surface area (Å²) >= 11 is 6.06. The van der Waals surface area contributed by atoms with Gasteiger partial charge in [0.25, 0.3) is 0 Å². The van der Waals surface area contributed by atoms with E-state index < -0.39 is 0 Å². The summed E-state index contributed by atoms with van der Waals surface area (Å²) in [5.41, 5.74) is 1.25. The first-order chi connectivity index (χ1) is 11.7. The highest BCUT2D eigenvalue weighted by atomic mass is 35.5. The Balaban J connectivity index is 1.45. The van der Waals surface area contributed by atoms with Crippen LogP contribution in [0.2, 0.25) is 5.02 Å². The highest BCUT2D eigenvalue weighted by Crippen LogP contribution is 2.22. The molecule has 0 bridgehead atoms. The molecule has 1 amide bonds. The fraction of sp³-hybridized carbons (Fsp3) is 0.632. The minimum atomic E-state index is 0.216. The number of likely N-dealkylation sites (N-methyl/N-ethyl adjacent to an activating group) is 1. The summed E-state index contributed by atoms with van der Waals surface area (Å²) in [6.07, 6.45) is 1.96. The summed E-state index contributed by atoms with van der Waals surface area (Å²) in [6, 6.07) is 8.07. The lowest BCUT2D eigenvalue weighted by atomic mass is 9.94. The van der Waals surface area contributed by atoms with Gasteiger partial charge in [-0.1, -0.05) is 30.7 Å². The highest BCUT2D eigenvalue weighted by Gasteiger charge is 2.30. The van der Waals surface area contributed by atoms with E-state index in [-0.39, 0.29) is 5.92 Å². The standard InChI is InChI=1S/C19H28ClN3O/c1-2-21-10-12-23(13-11-21)19(24)17-6-8-22(9-7-17)15-16-4-3-5-18(20)14-16/h3-5,14,17H,2,6-13,15H2,1H3. The smallest absolute Gasteiger partial charge is 0.225 e.